The van der Waals surface area contributed by atoms with E-state index in [9.17, 15) is 13.2 Å². The summed E-state index contributed by atoms with van der Waals surface area (Å²) in [5.41, 5.74) is 2.95. The Morgan fingerprint density at radius 2 is 1.83 bits per heavy atom. The minimum Gasteiger partial charge on any atom is -0.369 e. The van der Waals surface area contributed by atoms with Gasteiger partial charge in [-0.2, -0.15) is 0 Å². The summed E-state index contributed by atoms with van der Waals surface area (Å²) in [5, 5.41) is 8.04. The molecule has 0 unspecified atom stereocenters. The van der Waals surface area contributed by atoms with Crippen LogP contribution < -0.4 is 15.4 Å². The standard InChI is InChI=1S/C20H25BrN4O3S/c1-3-24-8-10-25(11-9-24)15-4-7-19(14(2)12-15)23-20(26)17-13-16(29(22,27)28)5-6-18(17)21/h4-7,12-13H,3,8-11H2,1-2H3,(H,23,26)(H2,22,27,28). The maximum Gasteiger partial charge on any atom is 0.256 e. The van der Waals surface area contributed by atoms with E-state index in [0.29, 0.717) is 10.2 Å². The lowest BCUT2D eigenvalue weighted by Gasteiger charge is -2.35. The molecule has 3 N–H and O–H groups in total. The Bertz CT molecular complexity index is 1020. The van der Waals surface area contributed by atoms with E-state index in [0.717, 1.165) is 44.0 Å². The number of benzene rings is 2. The summed E-state index contributed by atoms with van der Waals surface area (Å²) in [5.74, 6) is -0.408. The van der Waals surface area contributed by atoms with E-state index < -0.39 is 15.9 Å². The summed E-state index contributed by atoms with van der Waals surface area (Å²) < 4.78 is 23.7. The van der Waals surface area contributed by atoms with E-state index in [1.165, 1.54) is 18.2 Å². The number of nitrogens with zero attached hydrogens (tertiary/aromatic N) is 2. The maximum atomic E-state index is 12.7. The minimum atomic E-state index is -3.89. The van der Waals surface area contributed by atoms with Gasteiger partial charge in [-0.1, -0.05) is 6.92 Å². The first-order chi connectivity index (χ1) is 13.7. The van der Waals surface area contributed by atoms with Gasteiger partial charge in [0.1, 0.15) is 0 Å². The number of primary sulfonamides is 1. The molecule has 0 saturated carbocycles. The molecule has 9 heteroatoms. The van der Waals surface area contributed by atoms with Crippen LogP contribution in [0.2, 0.25) is 0 Å². The van der Waals surface area contributed by atoms with Crippen LogP contribution in [0.1, 0.15) is 22.8 Å². The van der Waals surface area contributed by atoms with Crippen molar-refractivity contribution in [3.8, 4) is 0 Å². The number of carbonyl (C=O) groups excluding carboxylic acids is 1. The largest absolute Gasteiger partial charge is 0.369 e. The molecule has 0 aromatic heterocycles. The molecule has 2 aromatic rings. The van der Waals surface area contributed by atoms with E-state index in [1.54, 1.807) is 0 Å². The summed E-state index contributed by atoms with van der Waals surface area (Å²) in [6.07, 6.45) is 0. The first-order valence-electron chi connectivity index (χ1n) is 9.40. The lowest BCUT2D eigenvalue weighted by molar-refractivity contribution is 0.102. The van der Waals surface area contributed by atoms with Gasteiger partial charge in [-0.05, 0) is 71.4 Å². The number of piperazine rings is 1. The van der Waals surface area contributed by atoms with Crippen molar-refractivity contribution >= 4 is 43.2 Å². The molecule has 0 radical (unpaired) electrons. The predicted molar refractivity (Wildman–Crippen MR) is 119 cm³/mol. The van der Waals surface area contributed by atoms with Crippen LogP contribution in [-0.4, -0.2) is 51.9 Å². The number of likely N-dealkylation sites (N-methyl/N-ethyl adjacent to an activating group) is 1. The van der Waals surface area contributed by atoms with E-state index in [-0.39, 0.29) is 10.5 Å². The van der Waals surface area contributed by atoms with Crippen molar-refractivity contribution in [2.75, 3.05) is 42.9 Å². The SMILES string of the molecule is CCN1CCN(c2ccc(NC(=O)c3cc(S(N)(=O)=O)ccc3Br)c(C)c2)CC1. The van der Waals surface area contributed by atoms with E-state index in [1.807, 2.05) is 19.1 Å². The van der Waals surface area contributed by atoms with Crippen molar-refractivity contribution in [3.05, 3.63) is 52.0 Å². The van der Waals surface area contributed by atoms with Gasteiger partial charge in [-0.25, -0.2) is 13.6 Å². The second-order valence-electron chi connectivity index (χ2n) is 7.06. The van der Waals surface area contributed by atoms with Crippen LogP contribution >= 0.6 is 15.9 Å². The first kappa shape index (κ1) is 21.8. The van der Waals surface area contributed by atoms with Gasteiger partial charge < -0.3 is 15.1 Å². The molecule has 156 valence electrons. The van der Waals surface area contributed by atoms with Crippen molar-refractivity contribution in [3.63, 3.8) is 0 Å². The number of rotatable bonds is 5. The van der Waals surface area contributed by atoms with Crippen molar-refractivity contribution in [1.82, 2.24) is 4.90 Å². The highest BCUT2D eigenvalue weighted by Gasteiger charge is 2.18. The van der Waals surface area contributed by atoms with Crippen LogP contribution in [0, 0.1) is 6.92 Å². The number of nitrogens with one attached hydrogen (secondary N) is 1. The van der Waals surface area contributed by atoms with Gasteiger partial charge >= 0.3 is 0 Å². The van der Waals surface area contributed by atoms with Crippen LogP contribution in [-0.2, 0) is 10.0 Å². The average molecular weight is 481 g/mol. The Morgan fingerprint density at radius 3 is 2.41 bits per heavy atom. The van der Waals surface area contributed by atoms with E-state index in [4.69, 9.17) is 5.14 Å². The highest BCUT2D eigenvalue weighted by atomic mass is 79.9. The molecule has 29 heavy (non-hydrogen) atoms. The average Bonchev–Trinajstić information content (AvgIpc) is 2.69. The summed E-state index contributed by atoms with van der Waals surface area (Å²) in [4.78, 5) is 17.4. The highest BCUT2D eigenvalue weighted by Crippen LogP contribution is 2.26. The Kier molecular flexibility index (Phi) is 6.62. The van der Waals surface area contributed by atoms with Crippen LogP contribution in [0.5, 0.6) is 0 Å². The highest BCUT2D eigenvalue weighted by molar-refractivity contribution is 9.10. The number of sulfonamides is 1. The molecule has 1 heterocycles. The summed E-state index contributed by atoms with van der Waals surface area (Å²) >= 11 is 3.30. The van der Waals surface area contributed by atoms with Crippen molar-refractivity contribution in [2.45, 2.75) is 18.7 Å². The second kappa shape index (κ2) is 8.83. The zero-order valence-electron chi connectivity index (χ0n) is 16.5. The number of carbonyl (C=O) groups is 1. The molecule has 1 saturated heterocycles. The zero-order chi connectivity index (χ0) is 21.2. The predicted octanol–water partition coefficient (Wildman–Crippen LogP) is 2.80. The fraction of sp³-hybridized carbons (Fsp3) is 0.350. The number of nitrogens with two attached hydrogens (primary N) is 1. The molecule has 0 bridgehead atoms. The molecule has 0 spiro atoms. The molecule has 0 aliphatic carbocycles. The Morgan fingerprint density at radius 1 is 1.14 bits per heavy atom. The van der Waals surface area contributed by atoms with Crippen LogP contribution in [0.4, 0.5) is 11.4 Å². The van der Waals surface area contributed by atoms with Gasteiger partial charge in [0, 0.05) is 42.0 Å². The summed E-state index contributed by atoms with van der Waals surface area (Å²) in [7, 11) is -3.89. The van der Waals surface area contributed by atoms with Crippen LogP contribution in [0.3, 0.4) is 0 Å². The molecule has 2 aromatic carbocycles. The molecule has 1 amide bonds. The third kappa shape index (κ3) is 5.16. The molecule has 0 atom stereocenters. The molecule has 1 aliphatic rings. The Labute approximate surface area is 180 Å². The number of hydrogen-bond donors (Lipinski definition) is 2. The van der Waals surface area contributed by atoms with E-state index >= 15 is 0 Å². The summed E-state index contributed by atoms with van der Waals surface area (Å²) in [6, 6.07) is 10.1. The molecular formula is C20H25BrN4O3S. The molecule has 3 rings (SSSR count). The molecule has 1 aliphatic heterocycles. The smallest absolute Gasteiger partial charge is 0.256 e. The molecule has 7 nitrogen and oxygen atoms in total. The quantitative estimate of drug-likeness (QED) is 0.685. The Balaban J connectivity index is 1.76. The number of anilines is 2. The normalized spacial score (nSPS) is 15.4. The first-order valence-corrected chi connectivity index (χ1v) is 11.7. The maximum absolute atomic E-state index is 12.7. The number of halogens is 1. The number of aryl methyl sites for hydroxylation is 1. The topological polar surface area (TPSA) is 95.7 Å². The van der Waals surface area contributed by atoms with E-state index in [2.05, 4.69) is 44.0 Å². The van der Waals surface area contributed by atoms with Gasteiger partial charge in [0.2, 0.25) is 10.0 Å². The lowest BCUT2D eigenvalue weighted by atomic mass is 10.1. The van der Waals surface area contributed by atoms with Crippen LogP contribution in [0.15, 0.2) is 45.8 Å². The number of hydrogen-bond acceptors (Lipinski definition) is 5. The molecule has 1 fully saturated rings. The van der Waals surface area contributed by atoms with Crippen molar-refractivity contribution in [2.24, 2.45) is 5.14 Å². The zero-order valence-corrected chi connectivity index (χ0v) is 18.9. The van der Waals surface area contributed by atoms with Gasteiger partial charge in [0.15, 0.2) is 0 Å². The lowest BCUT2D eigenvalue weighted by Crippen LogP contribution is -2.46. The second-order valence-corrected chi connectivity index (χ2v) is 9.48. The van der Waals surface area contributed by atoms with Gasteiger partial charge in [-0.3, -0.25) is 4.79 Å². The fourth-order valence-corrected chi connectivity index (χ4v) is 4.32. The Hall–Kier alpha value is -1.94. The van der Waals surface area contributed by atoms with Gasteiger partial charge in [0.25, 0.3) is 5.91 Å². The third-order valence-electron chi connectivity index (χ3n) is 5.15. The van der Waals surface area contributed by atoms with Crippen molar-refractivity contribution < 1.29 is 13.2 Å². The fourth-order valence-electron chi connectivity index (χ4n) is 3.35. The summed E-state index contributed by atoms with van der Waals surface area (Å²) in [6.45, 7) is 9.23. The minimum absolute atomic E-state index is 0.107. The van der Waals surface area contributed by atoms with Gasteiger partial charge in [0.05, 0.1) is 10.5 Å². The number of amides is 1. The van der Waals surface area contributed by atoms with Crippen LogP contribution in [0.25, 0.3) is 0 Å². The monoisotopic (exact) mass is 480 g/mol. The third-order valence-corrected chi connectivity index (χ3v) is 6.76. The van der Waals surface area contributed by atoms with Crippen molar-refractivity contribution in [1.29, 1.82) is 0 Å². The van der Waals surface area contributed by atoms with Gasteiger partial charge in [-0.15, -0.1) is 0 Å². The molecular weight excluding hydrogens is 456 g/mol.